The molecule has 36 heavy (non-hydrogen) atoms. The Labute approximate surface area is 211 Å². The Balaban J connectivity index is 1.20. The number of piperidine rings is 1. The van der Waals surface area contributed by atoms with Gasteiger partial charge in [-0.1, -0.05) is 24.3 Å². The lowest BCUT2D eigenvalue weighted by atomic mass is 9.93. The van der Waals surface area contributed by atoms with Gasteiger partial charge in [-0.05, 0) is 72.9 Å². The van der Waals surface area contributed by atoms with Crippen molar-refractivity contribution in [1.82, 2.24) is 20.3 Å². The van der Waals surface area contributed by atoms with E-state index >= 15 is 0 Å². The first kappa shape index (κ1) is 23.6. The van der Waals surface area contributed by atoms with Gasteiger partial charge >= 0.3 is 0 Å². The Morgan fingerprint density at radius 2 is 1.67 bits per heavy atom. The van der Waals surface area contributed by atoms with Gasteiger partial charge in [-0.2, -0.15) is 0 Å². The minimum Gasteiger partial charge on any atom is -0.371 e. The number of carbonyl (C=O) groups excluding carboxylic acids is 1. The van der Waals surface area contributed by atoms with E-state index in [-0.39, 0.29) is 11.9 Å². The summed E-state index contributed by atoms with van der Waals surface area (Å²) in [6.45, 7) is 4.12. The van der Waals surface area contributed by atoms with Crippen LogP contribution in [0.15, 0.2) is 91.6 Å². The highest BCUT2D eigenvalue weighted by Crippen LogP contribution is 2.28. The topological polar surface area (TPSA) is 83.0 Å². The fraction of sp³-hybridized carbons (Fsp3) is 0.241. The number of pyridine rings is 1. The lowest BCUT2D eigenvalue weighted by Gasteiger charge is -2.36. The zero-order valence-corrected chi connectivity index (χ0v) is 20.3. The largest absolute Gasteiger partial charge is 0.371 e. The summed E-state index contributed by atoms with van der Waals surface area (Å²) in [5, 5.41) is 6.81. The van der Waals surface area contributed by atoms with Gasteiger partial charge in [0.05, 0.1) is 12.2 Å². The number of anilines is 2. The second-order valence-electron chi connectivity index (χ2n) is 9.09. The van der Waals surface area contributed by atoms with E-state index in [2.05, 4.69) is 85.9 Å². The number of rotatable bonds is 7. The Morgan fingerprint density at radius 1 is 0.917 bits per heavy atom. The predicted molar refractivity (Wildman–Crippen MR) is 142 cm³/mol. The molecule has 1 fully saturated rings. The maximum absolute atomic E-state index is 12.3. The summed E-state index contributed by atoms with van der Waals surface area (Å²) in [6.07, 6.45) is 10.4. The third-order valence-corrected chi connectivity index (χ3v) is 6.72. The van der Waals surface area contributed by atoms with Crippen LogP contribution in [-0.4, -0.2) is 40.0 Å². The van der Waals surface area contributed by atoms with E-state index in [1.807, 2.05) is 24.5 Å². The molecule has 0 spiro atoms. The fourth-order valence-corrected chi connectivity index (χ4v) is 4.74. The molecule has 0 radical (unpaired) electrons. The summed E-state index contributed by atoms with van der Waals surface area (Å²) in [5.74, 6) is -0.264. The van der Waals surface area contributed by atoms with Crippen LogP contribution in [0.5, 0.6) is 0 Å². The summed E-state index contributed by atoms with van der Waals surface area (Å²) in [7, 11) is 0. The average Bonchev–Trinajstić information content (AvgIpc) is 2.94. The second-order valence-corrected chi connectivity index (χ2v) is 9.09. The molecule has 1 saturated heterocycles. The molecule has 1 atom stereocenters. The highest BCUT2D eigenvalue weighted by molar-refractivity contribution is 6.02. The third-order valence-electron chi connectivity index (χ3n) is 6.72. The first-order chi connectivity index (χ1) is 17.7. The standard InChI is InChI=1S/C29H30N6O/c1-21-4-2-3-5-26(21)28(22-10-14-30-15-11-22)33-24-12-18-35(19-13-24)25-8-6-23(7-9-25)34-29(36)27-20-31-16-17-32-27/h2-11,14-17,20,24,28,33H,12-13,18-19H2,1H3,(H,34,36)/t28-/m1/s1. The molecule has 0 unspecified atom stereocenters. The number of aryl methyl sites for hydroxylation is 1. The normalized spacial score (nSPS) is 14.9. The molecular formula is C29H30N6O. The molecule has 0 bridgehead atoms. The van der Waals surface area contributed by atoms with Gasteiger partial charge in [0.15, 0.2) is 0 Å². The van der Waals surface area contributed by atoms with Gasteiger partial charge in [0.1, 0.15) is 5.69 Å². The molecule has 2 N–H and O–H groups in total. The predicted octanol–water partition coefficient (Wildman–Crippen LogP) is 4.78. The minimum absolute atomic E-state index is 0.142. The van der Waals surface area contributed by atoms with Crippen LogP contribution in [0.3, 0.4) is 0 Å². The molecule has 2 aromatic carbocycles. The Morgan fingerprint density at radius 3 is 2.36 bits per heavy atom. The van der Waals surface area contributed by atoms with Crippen molar-refractivity contribution in [2.24, 2.45) is 0 Å². The highest BCUT2D eigenvalue weighted by Gasteiger charge is 2.24. The molecule has 3 heterocycles. The van der Waals surface area contributed by atoms with Crippen LogP contribution in [-0.2, 0) is 0 Å². The molecule has 1 aliphatic heterocycles. The number of nitrogens with zero attached hydrogens (tertiary/aromatic N) is 4. The number of nitrogens with one attached hydrogen (secondary N) is 2. The van der Waals surface area contributed by atoms with E-state index in [0.717, 1.165) is 37.3 Å². The van der Waals surface area contributed by atoms with Gasteiger partial charge in [0.25, 0.3) is 5.91 Å². The number of hydrogen-bond acceptors (Lipinski definition) is 6. The van der Waals surface area contributed by atoms with E-state index < -0.39 is 0 Å². The van der Waals surface area contributed by atoms with Crippen LogP contribution in [0.1, 0.15) is 46.1 Å². The molecule has 4 aromatic rings. The quantitative estimate of drug-likeness (QED) is 0.398. The van der Waals surface area contributed by atoms with Crippen molar-refractivity contribution in [1.29, 1.82) is 0 Å². The van der Waals surface area contributed by atoms with Gasteiger partial charge in [0.2, 0.25) is 0 Å². The number of aromatic nitrogens is 3. The smallest absolute Gasteiger partial charge is 0.275 e. The Kier molecular flexibility index (Phi) is 7.28. The third kappa shape index (κ3) is 5.58. The monoisotopic (exact) mass is 478 g/mol. The van der Waals surface area contributed by atoms with Crippen LogP contribution in [0.2, 0.25) is 0 Å². The number of benzene rings is 2. The average molecular weight is 479 g/mol. The minimum atomic E-state index is -0.264. The van der Waals surface area contributed by atoms with Crippen LogP contribution < -0.4 is 15.5 Å². The molecule has 0 saturated carbocycles. The summed E-state index contributed by atoms with van der Waals surface area (Å²) in [6, 6.07) is 21.4. The first-order valence-corrected chi connectivity index (χ1v) is 12.3. The highest BCUT2D eigenvalue weighted by atomic mass is 16.1. The van der Waals surface area contributed by atoms with Crippen molar-refractivity contribution < 1.29 is 4.79 Å². The maximum Gasteiger partial charge on any atom is 0.275 e. The van der Waals surface area contributed by atoms with Crippen molar-refractivity contribution in [2.75, 3.05) is 23.3 Å². The molecule has 7 nitrogen and oxygen atoms in total. The molecule has 7 heteroatoms. The van der Waals surface area contributed by atoms with Gasteiger partial charge in [-0.15, -0.1) is 0 Å². The van der Waals surface area contributed by atoms with Gasteiger partial charge in [-0.3, -0.25) is 14.8 Å². The lowest BCUT2D eigenvalue weighted by Crippen LogP contribution is -2.44. The molecule has 182 valence electrons. The van der Waals surface area contributed by atoms with E-state index in [9.17, 15) is 4.79 Å². The van der Waals surface area contributed by atoms with Crippen molar-refractivity contribution in [2.45, 2.75) is 31.8 Å². The van der Waals surface area contributed by atoms with E-state index in [4.69, 9.17) is 0 Å². The van der Waals surface area contributed by atoms with Gasteiger partial charge in [-0.25, -0.2) is 4.98 Å². The molecule has 1 amide bonds. The van der Waals surface area contributed by atoms with E-state index in [1.54, 1.807) is 6.20 Å². The summed E-state index contributed by atoms with van der Waals surface area (Å²) < 4.78 is 0. The fourth-order valence-electron chi connectivity index (χ4n) is 4.74. The Bertz CT molecular complexity index is 1270. The van der Waals surface area contributed by atoms with E-state index in [0.29, 0.717) is 11.7 Å². The van der Waals surface area contributed by atoms with Gasteiger partial charge < -0.3 is 15.5 Å². The molecular weight excluding hydrogens is 448 g/mol. The first-order valence-electron chi connectivity index (χ1n) is 12.3. The van der Waals surface area contributed by atoms with Crippen LogP contribution in [0, 0.1) is 6.92 Å². The lowest BCUT2D eigenvalue weighted by molar-refractivity contribution is 0.102. The van der Waals surface area contributed by atoms with Crippen molar-refractivity contribution in [3.8, 4) is 0 Å². The summed E-state index contributed by atoms with van der Waals surface area (Å²) in [4.78, 5) is 26.9. The van der Waals surface area contributed by atoms with Crippen LogP contribution in [0.25, 0.3) is 0 Å². The zero-order chi connectivity index (χ0) is 24.7. The van der Waals surface area contributed by atoms with Crippen molar-refractivity contribution in [3.05, 3.63) is 114 Å². The van der Waals surface area contributed by atoms with Crippen LogP contribution >= 0.6 is 0 Å². The summed E-state index contributed by atoms with van der Waals surface area (Å²) in [5.41, 5.74) is 6.04. The van der Waals surface area contributed by atoms with Crippen molar-refractivity contribution >= 4 is 17.3 Å². The zero-order valence-electron chi connectivity index (χ0n) is 20.3. The number of carbonyl (C=O) groups is 1. The van der Waals surface area contributed by atoms with Crippen LogP contribution in [0.4, 0.5) is 11.4 Å². The van der Waals surface area contributed by atoms with Gasteiger partial charge in [0, 0.05) is 55.3 Å². The molecule has 0 aliphatic carbocycles. The SMILES string of the molecule is Cc1ccccc1[C@H](NC1CCN(c2ccc(NC(=O)c3cnccn3)cc2)CC1)c1ccncc1. The van der Waals surface area contributed by atoms with Crippen molar-refractivity contribution in [3.63, 3.8) is 0 Å². The molecule has 1 aliphatic rings. The molecule has 5 rings (SSSR count). The maximum atomic E-state index is 12.3. The number of hydrogen-bond donors (Lipinski definition) is 2. The van der Waals surface area contributed by atoms with E-state index in [1.165, 1.54) is 29.1 Å². The second kappa shape index (κ2) is 11.1. The summed E-state index contributed by atoms with van der Waals surface area (Å²) >= 11 is 0. The number of amides is 1. The molecule has 2 aromatic heterocycles. The Hall–Kier alpha value is -4.10.